The summed E-state index contributed by atoms with van der Waals surface area (Å²) in [6.07, 6.45) is 9.67. The molecule has 0 bridgehead atoms. The minimum absolute atomic E-state index is 0.832. The Morgan fingerprint density at radius 3 is 3.06 bits per heavy atom. The van der Waals surface area contributed by atoms with Gasteiger partial charge < -0.3 is 5.32 Å². The number of anilines is 1. The quantitative estimate of drug-likeness (QED) is 0.792. The van der Waals surface area contributed by atoms with Gasteiger partial charge in [-0.15, -0.1) is 0 Å². The van der Waals surface area contributed by atoms with Crippen LogP contribution in [0.4, 0.5) is 5.69 Å². The van der Waals surface area contributed by atoms with Gasteiger partial charge in [0.15, 0.2) is 0 Å². The van der Waals surface area contributed by atoms with Crippen molar-refractivity contribution in [2.24, 2.45) is 5.92 Å². The number of fused-ring (bicyclic) bond motifs is 1. The fraction of sp³-hybridized carbons (Fsp3) is 0.647. The monoisotopic (exact) mass is 243 g/mol. The van der Waals surface area contributed by atoms with Crippen LogP contribution in [0.2, 0.25) is 0 Å². The third kappa shape index (κ3) is 2.28. The Labute approximate surface area is 111 Å². The van der Waals surface area contributed by atoms with Crippen LogP contribution in [-0.4, -0.2) is 6.54 Å². The topological polar surface area (TPSA) is 12.0 Å². The maximum Gasteiger partial charge on any atom is 0.0375 e. The highest BCUT2D eigenvalue weighted by Gasteiger charge is 2.25. The second-order valence-electron chi connectivity index (χ2n) is 6.04. The lowest BCUT2D eigenvalue weighted by Crippen LogP contribution is -2.18. The normalized spacial score (nSPS) is 27.4. The van der Waals surface area contributed by atoms with E-state index in [2.05, 4.69) is 30.4 Å². The molecule has 1 nitrogen and oxygen atoms in total. The van der Waals surface area contributed by atoms with Crippen molar-refractivity contribution < 1.29 is 0 Å². The zero-order chi connectivity index (χ0) is 12.4. The lowest BCUT2D eigenvalue weighted by Gasteiger charge is -2.32. The molecule has 0 amide bonds. The summed E-state index contributed by atoms with van der Waals surface area (Å²) < 4.78 is 0. The molecule has 0 radical (unpaired) electrons. The molecule has 0 spiro atoms. The molecule has 1 aromatic carbocycles. The van der Waals surface area contributed by atoms with Crippen molar-refractivity contribution in [1.29, 1.82) is 0 Å². The molecule has 2 aliphatic rings. The summed E-state index contributed by atoms with van der Waals surface area (Å²) in [5.41, 5.74) is 4.71. The summed E-state index contributed by atoms with van der Waals surface area (Å²) in [4.78, 5) is 0. The van der Waals surface area contributed by atoms with E-state index >= 15 is 0 Å². The van der Waals surface area contributed by atoms with Gasteiger partial charge in [-0.1, -0.05) is 38.3 Å². The van der Waals surface area contributed by atoms with Gasteiger partial charge in [-0.2, -0.15) is 0 Å². The third-order valence-corrected chi connectivity index (χ3v) is 4.93. The van der Waals surface area contributed by atoms with E-state index in [1.165, 1.54) is 50.6 Å². The molecule has 1 heteroatoms. The molecule has 3 rings (SSSR count). The largest absolute Gasteiger partial charge is 0.385 e. The van der Waals surface area contributed by atoms with Crippen LogP contribution in [0.1, 0.15) is 62.5 Å². The third-order valence-electron chi connectivity index (χ3n) is 4.93. The molecule has 1 aromatic rings. The molecule has 1 fully saturated rings. The highest BCUT2D eigenvalue weighted by Crippen LogP contribution is 2.41. The summed E-state index contributed by atoms with van der Waals surface area (Å²) >= 11 is 0. The van der Waals surface area contributed by atoms with Crippen LogP contribution >= 0.6 is 0 Å². The van der Waals surface area contributed by atoms with Crippen LogP contribution in [0, 0.1) is 5.92 Å². The van der Waals surface area contributed by atoms with Gasteiger partial charge in [-0.25, -0.2) is 0 Å². The number of hydrogen-bond acceptors (Lipinski definition) is 1. The lowest BCUT2D eigenvalue weighted by atomic mass is 9.75. The Balaban J connectivity index is 1.87. The van der Waals surface area contributed by atoms with Crippen molar-refractivity contribution in [3.05, 3.63) is 29.3 Å². The summed E-state index contributed by atoms with van der Waals surface area (Å²) in [6.45, 7) is 3.51. The maximum absolute atomic E-state index is 3.57. The van der Waals surface area contributed by atoms with Gasteiger partial charge in [-0.3, -0.25) is 0 Å². The SMILES string of the molecule is CCC1CCCC(c2cccc3c2CCCN3)C1. The van der Waals surface area contributed by atoms with E-state index in [1.807, 2.05) is 0 Å². The second-order valence-corrected chi connectivity index (χ2v) is 6.04. The van der Waals surface area contributed by atoms with Crippen LogP contribution in [-0.2, 0) is 6.42 Å². The molecule has 1 aliphatic carbocycles. The van der Waals surface area contributed by atoms with Crippen molar-refractivity contribution in [1.82, 2.24) is 0 Å². The second kappa shape index (κ2) is 5.34. The van der Waals surface area contributed by atoms with Crippen LogP contribution in [0.15, 0.2) is 18.2 Å². The predicted octanol–water partition coefficient (Wildman–Crippen LogP) is 4.73. The number of rotatable bonds is 2. The average molecular weight is 243 g/mol. The van der Waals surface area contributed by atoms with Crippen LogP contribution < -0.4 is 5.32 Å². The van der Waals surface area contributed by atoms with Gasteiger partial charge in [0.05, 0.1) is 0 Å². The minimum atomic E-state index is 0.832. The smallest absolute Gasteiger partial charge is 0.0375 e. The predicted molar refractivity (Wildman–Crippen MR) is 78.2 cm³/mol. The van der Waals surface area contributed by atoms with Crippen LogP contribution in [0.5, 0.6) is 0 Å². The van der Waals surface area contributed by atoms with Gasteiger partial charge in [0, 0.05) is 12.2 Å². The molecular formula is C17H25N. The minimum Gasteiger partial charge on any atom is -0.385 e. The molecule has 1 heterocycles. The Hall–Kier alpha value is -0.980. The van der Waals surface area contributed by atoms with E-state index in [0.717, 1.165) is 18.4 Å². The van der Waals surface area contributed by atoms with E-state index < -0.39 is 0 Å². The van der Waals surface area contributed by atoms with Crippen molar-refractivity contribution in [3.8, 4) is 0 Å². The lowest BCUT2D eigenvalue weighted by molar-refractivity contribution is 0.313. The van der Waals surface area contributed by atoms with Crippen LogP contribution in [0.25, 0.3) is 0 Å². The van der Waals surface area contributed by atoms with Gasteiger partial charge in [0.1, 0.15) is 0 Å². The molecule has 18 heavy (non-hydrogen) atoms. The zero-order valence-electron chi connectivity index (χ0n) is 11.5. The standard InChI is InChI=1S/C17H25N/c1-2-13-6-3-7-14(12-13)15-8-4-10-17-16(15)9-5-11-18-17/h4,8,10,13-14,18H,2-3,5-7,9,11-12H2,1H3. The summed E-state index contributed by atoms with van der Waals surface area (Å²) in [5, 5.41) is 3.57. The zero-order valence-corrected chi connectivity index (χ0v) is 11.5. The number of hydrogen-bond donors (Lipinski definition) is 1. The summed E-state index contributed by atoms with van der Waals surface area (Å²) in [6, 6.07) is 6.91. The number of benzene rings is 1. The molecule has 1 N–H and O–H groups in total. The summed E-state index contributed by atoms with van der Waals surface area (Å²) in [5.74, 6) is 1.80. The first kappa shape index (κ1) is 12.1. The first-order valence-corrected chi connectivity index (χ1v) is 7.74. The highest BCUT2D eigenvalue weighted by molar-refractivity contribution is 5.57. The first-order valence-electron chi connectivity index (χ1n) is 7.74. The molecule has 0 aromatic heterocycles. The fourth-order valence-corrected chi connectivity index (χ4v) is 3.86. The maximum atomic E-state index is 3.57. The van der Waals surface area contributed by atoms with Crippen molar-refractivity contribution in [3.63, 3.8) is 0 Å². The average Bonchev–Trinajstić information content (AvgIpc) is 2.47. The van der Waals surface area contributed by atoms with Gasteiger partial charge in [0.2, 0.25) is 0 Å². The molecular weight excluding hydrogens is 218 g/mol. The number of nitrogens with one attached hydrogen (secondary N) is 1. The molecule has 1 aliphatic heterocycles. The highest BCUT2D eigenvalue weighted by atomic mass is 14.9. The Morgan fingerprint density at radius 2 is 2.17 bits per heavy atom. The molecule has 0 saturated heterocycles. The summed E-state index contributed by atoms with van der Waals surface area (Å²) in [7, 11) is 0. The van der Waals surface area contributed by atoms with Crippen LogP contribution in [0.3, 0.4) is 0 Å². The fourth-order valence-electron chi connectivity index (χ4n) is 3.86. The van der Waals surface area contributed by atoms with Gasteiger partial charge in [0.25, 0.3) is 0 Å². The molecule has 1 saturated carbocycles. The van der Waals surface area contributed by atoms with Crippen molar-refractivity contribution >= 4 is 5.69 Å². The Kier molecular flexibility index (Phi) is 3.58. The van der Waals surface area contributed by atoms with E-state index in [9.17, 15) is 0 Å². The van der Waals surface area contributed by atoms with Crippen molar-refractivity contribution in [2.45, 2.75) is 57.8 Å². The van der Waals surface area contributed by atoms with E-state index in [4.69, 9.17) is 0 Å². The van der Waals surface area contributed by atoms with Gasteiger partial charge in [-0.05, 0) is 54.7 Å². The Morgan fingerprint density at radius 1 is 1.22 bits per heavy atom. The molecule has 98 valence electrons. The molecule has 2 unspecified atom stereocenters. The van der Waals surface area contributed by atoms with E-state index in [-0.39, 0.29) is 0 Å². The van der Waals surface area contributed by atoms with Gasteiger partial charge >= 0.3 is 0 Å². The van der Waals surface area contributed by atoms with E-state index in [0.29, 0.717) is 0 Å². The Bertz CT molecular complexity index is 410. The van der Waals surface area contributed by atoms with E-state index in [1.54, 1.807) is 11.1 Å². The first-order chi connectivity index (χ1) is 8.88. The molecule has 2 atom stereocenters. The van der Waals surface area contributed by atoms with Crippen molar-refractivity contribution in [2.75, 3.05) is 11.9 Å².